The summed E-state index contributed by atoms with van der Waals surface area (Å²) in [6.45, 7) is 10.4. The molecule has 7 rings (SSSR count). The topological polar surface area (TPSA) is 0 Å². The summed E-state index contributed by atoms with van der Waals surface area (Å²) in [6.07, 6.45) is 17.6. The Morgan fingerprint density at radius 3 is 1.50 bits per heavy atom. The molecule has 6 atom stereocenters. The Hall–Kier alpha value is -2.38. The number of allylic oxidation sites excluding steroid dienone is 1. The lowest BCUT2D eigenvalue weighted by Crippen LogP contribution is -2.67. The van der Waals surface area contributed by atoms with Gasteiger partial charge in [-0.15, -0.1) is 6.58 Å². The molecule has 4 aliphatic rings. The van der Waals surface area contributed by atoms with Crippen molar-refractivity contribution in [3.63, 3.8) is 0 Å². The Balaban J connectivity index is 1.11. The highest BCUT2D eigenvalue weighted by Gasteiger charge is 2.57. The van der Waals surface area contributed by atoms with E-state index in [0.29, 0.717) is 5.41 Å². The molecule has 1 heteroatoms. The van der Waals surface area contributed by atoms with Gasteiger partial charge >= 0.3 is 0 Å². The summed E-state index contributed by atoms with van der Waals surface area (Å²) in [7, 11) is -2.27. The van der Waals surface area contributed by atoms with Crippen LogP contribution in [0, 0.1) is 46.8 Å². The predicted molar refractivity (Wildman–Crippen MR) is 192 cm³/mol. The van der Waals surface area contributed by atoms with Gasteiger partial charge in [0.1, 0.15) is 0 Å². The van der Waals surface area contributed by atoms with Gasteiger partial charge in [-0.05, 0) is 120 Å². The molecule has 44 heavy (non-hydrogen) atoms. The minimum atomic E-state index is -2.27. The Morgan fingerprint density at radius 1 is 0.614 bits per heavy atom. The van der Waals surface area contributed by atoms with Crippen LogP contribution in [-0.2, 0) is 0 Å². The molecule has 4 saturated carbocycles. The van der Waals surface area contributed by atoms with Crippen LogP contribution >= 0.6 is 0 Å². The van der Waals surface area contributed by atoms with Crippen molar-refractivity contribution in [2.75, 3.05) is 0 Å². The van der Waals surface area contributed by atoms with Crippen molar-refractivity contribution in [2.45, 2.75) is 96.9 Å². The minimum absolute atomic E-state index is 0.476. The first-order valence-electron chi connectivity index (χ1n) is 18.3. The van der Waals surface area contributed by atoms with E-state index in [0.717, 1.165) is 47.5 Å². The van der Waals surface area contributed by atoms with Crippen molar-refractivity contribution in [1.82, 2.24) is 0 Å². The molecular weight excluding hydrogens is 545 g/mol. The van der Waals surface area contributed by atoms with Crippen molar-refractivity contribution in [3.8, 4) is 0 Å². The largest absolute Gasteiger partial charge is 0.152 e. The molecule has 0 bridgehead atoms. The summed E-state index contributed by atoms with van der Waals surface area (Å²) < 4.78 is 0. The first-order valence-corrected chi connectivity index (χ1v) is 20.5. The van der Waals surface area contributed by atoms with Crippen molar-refractivity contribution < 1.29 is 0 Å². The molecule has 3 aromatic rings. The van der Waals surface area contributed by atoms with Crippen LogP contribution in [0.1, 0.15) is 90.9 Å². The lowest BCUT2D eigenvalue weighted by Gasteiger charge is -2.46. The lowest BCUT2D eigenvalue weighted by atomic mass is 9.59. The van der Waals surface area contributed by atoms with Gasteiger partial charge in [-0.3, -0.25) is 0 Å². The molecule has 0 N–H and O–H groups in total. The van der Waals surface area contributed by atoms with Crippen LogP contribution in [0.25, 0.3) is 0 Å². The summed E-state index contributed by atoms with van der Waals surface area (Å²) in [5.41, 5.74) is 1.96. The van der Waals surface area contributed by atoms with Gasteiger partial charge in [0.05, 0.1) is 0 Å². The Morgan fingerprint density at radius 2 is 1.05 bits per heavy atom. The van der Waals surface area contributed by atoms with Crippen LogP contribution in [0.15, 0.2) is 103 Å². The monoisotopic (exact) mass is 600 g/mol. The maximum atomic E-state index is 4.89. The highest BCUT2D eigenvalue weighted by molar-refractivity contribution is 7.11. The van der Waals surface area contributed by atoms with E-state index in [9.17, 15) is 0 Å². The number of hydrogen-bond acceptors (Lipinski definition) is 0. The number of rotatable bonds is 9. The highest BCUT2D eigenvalue weighted by atomic mass is 28.3. The first kappa shape index (κ1) is 30.3. The molecule has 0 aromatic heterocycles. The minimum Gasteiger partial charge on any atom is -0.100 e. The van der Waals surface area contributed by atoms with Crippen molar-refractivity contribution >= 4 is 23.6 Å². The molecule has 0 saturated heterocycles. The van der Waals surface area contributed by atoms with Crippen molar-refractivity contribution in [2.24, 2.45) is 46.8 Å². The summed E-state index contributed by atoms with van der Waals surface area (Å²) in [6, 6.07) is 35.4. The van der Waals surface area contributed by atoms with Gasteiger partial charge in [0, 0.05) is 0 Å². The fourth-order valence-corrected chi connectivity index (χ4v) is 16.6. The van der Waals surface area contributed by atoms with Gasteiger partial charge in [0.15, 0.2) is 8.07 Å². The first-order chi connectivity index (χ1) is 21.5. The molecule has 0 spiro atoms. The molecule has 0 radical (unpaired) electrons. The van der Waals surface area contributed by atoms with Gasteiger partial charge < -0.3 is 0 Å². The van der Waals surface area contributed by atoms with Crippen LogP contribution in [0.4, 0.5) is 0 Å². The molecule has 4 aliphatic carbocycles. The molecule has 0 nitrogen and oxygen atoms in total. The molecular formula is C43H56Si. The number of hydrogen-bond donors (Lipinski definition) is 0. The Labute approximate surface area is 269 Å². The molecule has 0 amide bonds. The van der Waals surface area contributed by atoms with Gasteiger partial charge in [0.2, 0.25) is 0 Å². The second kappa shape index (κ2) is 12.8. The van der Waals surface area contributed by atoms with E-state index in [1.165, 1.54) is 85.3 Å². The second-order valence-corrected chi connectivity index (χ2v) is 20.0. The van der Waals surface area contributed by atoms with Crippen LogP contribution in [0.3, 0.4) is 0 Å². The summed E-state index contributed by atoms with van der Waals surface area (Å²) in [5, 5.41) is 4.53. The zero-order valence-corrected chi connectivity index (χ0v) is 28.6. The second-order valence-electron chi connectivity index (χ2n) is 16.1. The van der Waals surface area contributed by atoms with Crippen molar-refractivity contribution in [3.05, 3.63) is 103 Å². The van der Waals surface area contributed by atoms with Gasteiger partial charge in [0.25, 0.3) is 0 Å². The van der Waals surface area contributed by atoms with Crippen LogP contribution < -0.4 is 15.6 Å². The average Bonchev–Trinajstić information content (AvgIpc) is 3.68. The third-order valence-electron chi connectivity index (χ3n) is 13.6. The van der Waals surface area contributed by atoms with E-state index in [2.05, 4.69) is 105 Å². The molecule has 4 fully saturated rings. The summed E-state index contributed by atoms with van der Waals surface area (Å²) in [5.74, 6) is 6.81. The zero-order chi connectivity index (χ0) is 30.1. The smallest absolute Gasteiger partial charge is 0.100 e. The Bertz CT molecular complexity index is 1260. The third kappa shape index (κ3) is 5.50. The molecule has 0 heterocycles. The van der Waals surface area contributed by atoms with E-state index in [1.807, 2.05) is 0 Å². The van der Waals surface area contributed by atoms with Gasteiger partial charge in [-0.2, -0.15) is 0 Å². The van der Waals surface area contributed by atoms with E-state index in [4.69, 9.17) is 6.58 Å². The molecule has 232 valence electrons. The van der Waals surface area contributed by atoms with E-state index < -0.39 is 8.07 Å². The normalized spacial score (nSPS) is 30.5. The summed E-state index contributed by atoms with van der Waals surface area (Å²) >= 11 is 0. The number of benzene rings is 3. The van der Waals surface area contributed by atoms with Crippen LogP contribution in [0.2, 0.25) is 6.04 Å². The quantitative estimate of drug-likeness (QED) is 0.130. The predicted octanol–water partition coefficient (Wildman–Crippen LogP) is 9.79. The van der Waals surface area contributed by atoms with Crippen LogP contribution in [0.5, 0.6) is 0 Å². The maximum absolute atomic E-state index is 4.89. The van der Waals surface area contributed by atoms with Gasteiger partial charge in [-0.1, -0.05) is 136 Å². The third-order valence-corrected chi connectivity index (χ3v) is 18.6. The Kier molecular flexibility index (Phi) is 8.80. The molecule has 0 aliphatic heterocycles. The lowest BCUT2D eigenvalue weighted by molar-refractivity contribution is 0.0295. The average molecular weight is 601 g/mol. The van der Waals surface area contributed by atoms with Gasteiger partial charge in [-0.25, -0.2) is 0 Å². The van der Waals surface area contributed by atoms with E-state index in [-0.39, 0.29) is 0 Å². The fourth-order valence-electron chi connectivity index (χ4n) is 11.8. The van der Waals surface area contributed by atoms with Crippen molar-refractivity contribution in [1.29, 1.82) is 0 Å². The van der Waals surface area contributed by atoms with E-state index >= 15 is 0 Å². The molecule has 3 aromatic carbocycles. The summed E-state index contributed by atoms with van der Waals surface area (Å²) in [4.78, 5) is 0. The number of fused-ring (bicyclic) bond motifs is 3. The zero-order valence-electron chi connectivity index (χ0n) is 27.6. The highest BCUT2D eigenvalue weighted by Crippen LogP contribution is 2.64. The molecule has 6 unspecified atom stereocenters. The van der Waals surface area contributed by atoms with E-state index in [1.54, 1.807) is 12.8 Å². The SMILES string of the molecule is C=C(CC1CCC(C(C)(C)C2C3CCCCC3C3CCCCC32)C1)C[Si](c1ccccc1)(c1ccccc1)c1ccccc1. The standard InChI is InChI=1S/C43H56Si/c1-32(31-44(35-17-7-4-8-18-35,36-19-9-5-10-20-36)37-21-11-6-12-22-37)29-33-27-28-34(30-33)43(2,3)42-40-25-15-13-23-38(40)39-24-14-16-26-41(39)42/h4-12,17-22,33-34,38-42H,1,13-16,23-31H2,2-3H3. The maximum Gasteiger partial charge on any atom is 0.152 e. The van der Waals surface area contributed by atoms with Crippen LogP contribution in [-0.4, -0.2) is 8.07 Å². The fraction of sp³-hybridized carbons (Fsp3) is 0.535.